The van der Waals surface area contributed by atoms with Gasteiger partial charge >= 0.3 is 0 Å². The van der Waals surface area contributed by atoms with E-state index in [0.717, 1.165) is 30.4 Å². The van der Waals surface area contributed by atoms with Crippen LogP contribution in [0.4, 0.5) is 0 Å². The molecule has 0 radical (unpaired) electrons. The van der Waals surface area contributed by atoms with E-state index in [4.69, 9.17) is 0 Å². The third-order valence-corrected chi connectivity index (χ3v) is 16.6. The molecule has 0 saturated heterocycles. The Labute approximate surface area is 501 Å². The van der Waals surface area contributed by atoms with Crippen LogP contribution in [0, 0.1) is 0 Å². The van der Waals surface area contributed by atoms with Crippen LogP contribution < -0.4 is 0 Å². The lowest BCUT2D eigenvalue weighted by atomic mass is 9.97. The minimum atomic E-state index is 0. The van der Waals surface area contributed by atoms with Crippen molar-refractivity contribution in [2.45, 2.75) is 33.1 Å². The highest BCUT2D eigenvalue weighted by molar-refractivity contribution is 7.59. The largest absolute Gasteiger partial charge is 0.309 e. The van der Waals surface area contributed by atoms with Crippen LogP contribution in [0.5, 0.6) is 0 Å². The molecule has 14 rings (SSSR count). The Morgan fingerprint density at radius 1 is 0.440 bits per heavy atom. The monoisotopic (exact) mass is 1100 g/mol. The molecule has 1 aliphatic carbocycles. The Morgan fingerprint density at radius 3 is 1.58 bits per heavy atom. The second-order valence-corrected chi connectivity index (χ2v) is 21.6. The second kappa shape index (κ2) is 24.3. The standard InChI is InChI=1S/C55H36N2.C26H28.H2S/c1-2-11-36(12-3-1)37-21-23-38(24-22-37)39-25-27-40(28-26-39)41-30-32-55-50(33-41)47-15-6-7-17-51(47)56(55)43-31-29-42-34-49-44(48(42)35-43)16-10-20-54(49)57-52-18-8-4-13-45(52)46-14-5-9-19-53(46)57;1-5-7-9-10-13-22(4)25-14-11-15-26(20-25)24-18-16-23(17-19-24)21(3)12-8-6-2;/h1-33,35H,34H2;5-8,11-20H,2-3,9-10H2,1,4H3;1H2/b;7-5-,12-8-,22-13+;. The zero-order chi connectivity index (χ0) is 56.2. The normalized spacial score (nSPS) is 12.0. The summed E-state index contributed by atoms with van der Waals surface area (Å²) in [5, 5.41) is 5.11. The van der Waals surface area contributed by atoms with E-state index in [1.807, 2.05) is 12.2 Å². The minimum absolute atomic E-state index is 0. The van der Waals surface area contributed by atoms with Crippen LogP contribution in [0.25, 0.3) is 122 Å². The Hall–Kier alpha value is -9.93. The Kier molecular flexibility index (Phi) is 15.8. The van der Waals surface area contributed by atoms with Crippen molar-refractivity contribution >= 4 is 68.3 Å². The van der Waals surface area contributed by atoms with Crippen LogP contribution in [0.2, 0.25) is 0 Å². The predicted octanol–water partition coefficient (Wildman–Crippen LogP) is 22.4. The number of benzene rings is 11. The van der Waals surface area contributed by atoms with Gasteiger partial charge < -0.3 is 9.13 Å². The minimum Gasteiger partial charge on any atom is -0.309 e. The summed E-state index contributed by atoms with van der Waals surface area (Å²) in [7, 11) is 0. The molecule has 0 bridgehead atoms. The predicted molar refractivity (Wildman–Crippen MR) is 368 cm³/mol. The van der Waals surface area contributed by atoms with Crippen molar-refractivity contribution < 1.29 is 0 Å². The summed E-state index contributed by atoms with van der Waals surface area (Å²) in [6, 6.07) is 93.1. The first-order valence-corrected chi connectivity index (χ1v) is 28.9. The van der Waals surface area contributed by atoms with Crippen LogP contribution in [0.1, 0.15) is 48.9 Å². The average molecular weight is 1100 g/mol. The van der Waals surface area contributed by atoms with Gasteiger partial charge in [-0.15, -0.1) is 0 Å². The fraction of sp³-hybridized carbons (Fsp3) is 0.0617. The highest BCUT2D eigenvalue weighted by Gasteiger charge is 2.25. The molecule has 84 heavy (non-hydrogen) atoms. The maximum atomic E-state index is 4.10. The van der Waals surface area contributed by atoms with E-state index in [1.54, 1.807) is 6.08 Å². The summed E-state index contributed by atoms with van der Waals surface area (Å²) in [5.41, 5.74) is 27.3. The smallest absolute Gasteiger partial charge is 0.0541 e. The highest BCUT2D eigenvalue weighted by atomic mass is 32.1. The second-order valence-electron chi connectivity index (χ2n) is 21.6. The molecular weight excluding hydrogens is 1030 g/mol. The number of hydrogen-bond acceptors (Lipinski definition) is 0. The third-order valence-electron chi connectivity index (χ3n) is 16.6. The Morgan fingerprint density at radius 2 is 0.952 bits per heavy atom. The number of fused-ring (bicyclic) bond motifs is 9. The molecule has 0 aliphatic heterocycles. The van der Waals surface area contributed by atoms with Gasteiger partial charge in [0.2, 0.25) is 0 Å². The van der Waals surface area contributed by atoms with E-state index in [0.29, 0.717) is 0 Å². The molecular formula is C81H66N2S. The SMILES string of the molecule is C=C/C=C\C(=C)c1ccc(-c2cccc(/C(C)=C/CC/C=C\C)c2)cc1.S.c1ccc(-c2ccc(-c3ccc(-c4ccc5c(c4)c4ccccc4n5-c4ccc5c(c4)-c4cccc(-n6c7ccccc7c7ccccc76)c4C5)cc3)cc2)cc1. The Bertz CT molecular complexity index is 4600. The molecule has 406 valence electrons. The van der Waals surface area contributed by atoms with Gasteiger partial charge in [-0.25, -0.2) is 0 Å². The lowest BCUT2D eigenvalue weighted by Crippen LogP contribution is -1.98. The number of rotatable bonds is 13. The molecule has 0 unspecified atom stereocenters. The van der Waals surface area contributed by atoms with Crippen molar-refractivity contribution in [2.24, 2.45) is 0 Å². The Balaban J connectivity index is 0.000000218. The molecule has 2 nitrogen and oxygen atoms in total. The summed E-state index contributed by atoms with van der Waals surface area (Å²) in [5.74, 6) is 0. The lowest BCUT2D eigenvalue weighted by molar-refractivity contribution is 1.05. The molecule has 3 heteroatoms. The van der Waals surface area contributed by atoms with Crippen molar-refractivity contribution in [1.29, 1.82) is 0 Å². The molecule has 11 aromatic carbocycles. The molecule has 2 heterocycles. The van der Waals surface area contributed by atoms with Crippen LogP contribution in [-0.2, 0) is 6.42 Å². The fourth-order valence-corrected chi connectivity index (χ4v) is 12.3. The summed E-state index contributed by atoms with van der Waals surface area (Å²) in [6.45, 7) is 12.0. The molecule has 2 aromatic heterocycles. The number of para-hydroxylation sites is 3. The quantitative estimate of drug-likeness (QED) is 0.0619. The first-order valence-electron chi connectivity index (χ1n) is 28.9. The van der Waals surface area contributed by atoms with Crippen LogP contribution >= 0.6 is 13.5 Å². The molecule has 0 atom stereocenters. The molecule has 0 fully saturated rings. The maximum absolute atomic E-state index is 4.10. The van der Waals surface area contributed by atoms with Gasteiger partial charge in [0.25, 0.3) is 0 Å². The molecule has 0 spiro atoms. The van der Waals surface area contributed by atoms with E-state index in [1.165, 1.54) is 133 Å². The van der Waals surface area contributed by atoms with Crippen LogP contribution in [-0.4, -0.2) is 9.13 Å². The number of nitrogens with zero attached hydrogens (tertiary/aromatic N) is 2. The van der Waals surface area contributed by atoms with Gasteiger partial charge in [-0.2, -0.15) is 13.5 Å². The molecule has 0 saturated carbocycles. The van der Waals surface area contributed by atoms with E-state index >= 15 is 0 Å². The van der Waals surface area contributed by atoms with Gasteiger partial charge in [0.05, 0.1) is 27.8 Å². The summed E-state index contributed by atoms with van der Waals surface area (Å²) in [4.78, 5) is 0. The van der Waals surface area contributed by atoms with E-state index in [2.05, 4.69) is 309 Å². The van der Waals surface area contributed by atoms with Gasteiger partial charge in [0.1, 0.15) is 0 Å². The van der Waals surface area contributed by atoms with Crippen LogP contribution in [0.3, 0.4) is 0 Å². The number of allylic oxidation sites excluding steroid dienone is 8. The molecule has 13 aromatic rings. The average Bonchev–Trinajstić information content (AvgIpc) is 1.99. The van der Waals surface area contributed by atoms with Gasteiger partial charge in [-0.3, -0.25) is 0 Å². The van der Waals surface area contributed by atoms with Crippen LogP contribution in [0.15, 0.2) is 304 Å². The topological polar surface area (TPSA) is 9.86 Å². The number of hydrogen-bond donors (Lipinski definition) is 0. The number of aromatic nitrogens is 2. The highest BCUT2D eigenvalue weighted by Crippen LogP contribution is 2.44. The molecule has 0 amide bonds. The van der Waals surface area contributed by atoms with E-state index in [9.17, 15) is 0 Å². The summed E-state index contributed by atoms with van der Waals surface area (Å²) >= 11 is 0. The zero-order valence-corrected chi connectivity index (χ0v) is 48.6. The first-order chi connectivity index (χ1) is 40.9. The van der Waals surface area contributed by atoms with Crippen molar-refractivity contribution in [2.75, 3.05) is 0 Å². The number of unbranched alkanes of at least 4 members (excludes halogenated alkanes) is 1. The van der Waals surface area contributed by atoms with Gasteiger partial charge in [-0.1, -0.05) is 250 Å². The van der Waals surface area contributed by atoms with Gasteiger partial charge in [-0.05, 0) is 170 Å². The molecule has 1 aliphatic rings. The third kappa shape index (κ3) is 10.6. The van der Waals surface area contributed by atoms with Crippen molar-refractivity contribution in [3.8, 4) is 67.0 Å². The summed E-state index contributed by atoms with van der Waals surface area (Å²) in [6.07, 6.45) is 15.4. The fourth-order valence-electron chi connectivity index (χ4n) is 12.3. The van der Waals surface area contributed by atoms with E-state index < -0.39 is 0 Å². The maximum Gasteiger partial charge on any atom is 0.0541 e. The van der Waals surface area contributed by atoms with Gasteiger partial charge in [0.15, 0.2) is 0 Å². The summed E-state index contributed by atoms with van der Waals surface area (Å²) < 4.78 is 4.92. The zero-order valence-electron chi connectivity index (χ0n) is 47.6. The van der Waals surface area contributed by atoms with E-state index in [-0.39, 0.29) is 13.5 Å². The first kappa shape index (κ1) is 54.6. The molecule has 0 N–H and O–H groups in total. The van der Waals surface area contributed by atoms with Crippen molar-refractivity contribution in [3.63, 3.8) is 0 Å². The lowest BCUT2D eigenvalue weighted by Gasteiger charge is -2.13. The van der Waals surface area contributed by atoms with Crippen molar-refractivity contribution in [1.82, 2.24) is 9.13 Å². The van der Waals surface area contributed by atoms with Gasteiger partial charge in [0, 0.05) is 33.7 Å². The van der Waals surface area contributed by atoms with Crippen molar-refractivity contribution in [3.05, 3.63) is 327 Å².